The third kappa shape index (κ3) is 7.22. The number of hydrogen-bond acceptors (Lipinski definition) is 4. The van der Waals surface area contributed by atoms with Crippen LogP contribution in [0.1, 0.15) is 39.5 Å². The number of aliphatic hydroxyl groups excluding tert-OH is 2. The average Bonchev–Trinajstić information content (AvgIpc) is 2.23. The van der Waals surface area contributed by atoms with Gasteiger partial charge in [-0.15, -0.1) is 0 Å². The lowest BCUT2D eigenvalue weighted by Gasteiger charge is -2.16. The summed E-state index contributed by atoms with van der Waals surface area (Å²) in [5.41, 5.74) is -0.306. The van der Waals surface area contributed by atoms with Crippen molar-refractivity contribution in [3.63, 3.8) is 0 Å². The maximum Gasteiger partial charge on any atom is 0.133 e. The van der Waals surface area contributed by atoms with Crippen LogP contribution in [0, 0.1) is 5.41 Å². The van der Waals surface area contributed by atoms with E-state index in [1.807, 2.05) is 0 Å². The van der Waals surface area contributed by atoms with Crippen molar-refractivity contribution >= 4 is 11.6 Å². The van der Waals surface area contributed by atoms with Crippen molar-refractivity contribution in [2.24, 2.45) is 5.41 Å². The molecule has 2 N–H and O–H groups in total. The van der Waals surface area contributed by atoms with Crippen LogP contribution in [0.5, 0.6) is 0 Å². The third-order valence-corrected chi connectivity index (χ3v) is 2.22. The largest absolute Gasteiger partial charge is 0.396 e. The molecule has 1 aliphatic carbocycles. The number of carbonyl (C=O) groups excluding carboxylic acids is 2. The molecule has 0 aliphatic heterocycles. The van der Waals surface area contributed by atoms with Crippen LogP contribution in [0.15, 0.2) is 0 Å². The maximum absolute atomic E-state index is 10.5. The van der Waals surface area contributed by atoms with E-state index in [-0.39, 0.29) is 30.2 Å². The highest BCUT2D eigenvalue weighted by Crippen LogP contribution is 2.10. The van der Waals surface area contributed by atoms with Crippen LogP contribution in [0.4, 0.5) is 0 Å². The van der Waals surface area contributed by atoms with Crippen LogP contribution < -0.4 is 0 Å². The summed E-state index contributed by atoms with van der Waals surface area (Å²) in [4.78, 5) is 20.9. The van der Waals surface area contributed by atoms with Gasteiger partial charge in [0.2, 0.25) is 0 Å². The second-order valence-corrected chi connectivity index (χ2v) is 4.56. The van der Waals surface area contributed by atoms with Crippen LogP contribution in [0.3, 0.4) is 0 Å². The molecular weight excluding hydrogens is 196 g/mol. The first-order valence-corrected chi connectivity index (χ1v) is 5.16. The molecule has 0 bridgehead atoms. The van der Waals surface area contributed by atoms with Gasteiger partial charge in [0.05, 0.1) is 13.2 Å². The zero-order chi connectivity index (χ0) is 11.9. The Morgan fingerprint density at radius 2 is 1.20 bits per heavy atom. The number of hydrogen-bond donors (Lipinski definition) is 2. The van der Waals surface area contributed by atoms with E-state index in [0.717, 1.165) is 0 Å². The van der Waals surface area contributed by atoms with Crippen molar-refractivity contribution in [3.05, 3.63) is 0 Å². The Balaban J connectivity index is 0.000000265. The Morgan fingerprint density at radius 1 is 0.933 bits per heavy atom. The number of carbonyl (C=O) groups is 2. The Morgan fingerprint density at radius 3 is 1.33 bits per heavy atom. The molecule has 88 valence electrons. The minimum Gasteiger partial charge on any atom is -0.396 e. The molecule has 0 saturated heterocycles. The zero-order valence-electron chi connectivity index (χ0n) is 9.45. The SMILES string of the molecule is CC(C)(CO)CO.O=C1CCC(=O)CC1. The van der Waals surface area contributed by atoms with Gasteiger partial charge in [-0.2, -0.15) is 0 Å². The summed E-state index contributed by atoms with van der Waals surface area (Å²) in [6.45, 7) is 3.69. The molecule has 1 saturated carbocycles. The highest BCUT2D eigenvalue weighted by Gasteiger charge is 2.14. The van der Waals surface area contributed by atoms with Gasteiger partial charge < -0.3 is 10.2 Å². The summed E-state index contributed by atoms with van der Waals surface area (Å²) in [5.74, 6) is 0.481. The highest BCUT2D eigenvalue weighted by atomic mass is 16.3. The lowest BCUT2D eigenvalue weighted by molar-refractivity contribution is -0.128. The van der Waals surface area contributed by atoms with Crippen molar-refractivity contribution < 1.29 is 19.8 Å². The fourth-order valence-electron chi connectivity index (χ4n) is 0.858. The molecule has 0 aromatic carbocycles. The summed E-state index contributed by atoms with van der Waals surface area (Å²) < 4.78 is 0. The van der Waals surface area contributed by atoms with E-state index in [9.17, 15) is 9.59 Å². The molecule has 1 aliphatic rings. The van der Waals surface area contributed by atoms with Gasteiger partial charge in [-0.25, -0.2) is 0 Å². The average molecular weight is 216 g/mol. The quantitative estimate of drug-likeness (QED) is 0.712. The number of rotatable bonds is 2. The first-order valence-electron chi connectivity index (χ1n) is 5.16. The predicted octanol–water partition coefficient (Wildman–Crippen LogP) is 0.696. The van der Waals surface area contributed by atoms with Crippen LogP contribution in [0.25, 0.3) is 0 Å². The monoisotopic (exact) mass is 216 g/mol. The minimum absolute atomic E-state index is 0.0451. The molecule has 0 aromatic heterocycles. The van der Waals surface area contributed by atoms with E-state index in [0.29, 0.717) is 25.7 Å². The second-order valence-electron chi connectivity index (χ2n) is 4.56. The van der Waals surface area contributed by atoms with Gasteiger partial charge >= 0.3 is 0 Å². The summed E-state index contributed by atoms with van der Waals surface area (Å²) in [6, 6.07) is 0. The molecule has 1 fully saturated rings. The lowest BCUT2D eigenvalue weighted by Crippen LogP contribution is -2.20. The Labute approximate surface area is 90.3 Å². The van der Waals surface area contributed by atoms with Crippen LogP contribution >= 0.6 is 0 Å². The molecule has 15 heavy (non-hydrogen) atoms. The second kappa shape index (κ2) is 6.69. The van der Waals surface area contributed by atoms with Gasteiger partial charge in [0, 0.05) is 31.1 Å². The first kappa shape index (κ1) is 14.3. The summed E-state index contributed by atoms with van der Waals surface area (Å²) in [5, 5.41) is 16.9. The van der Waals surface area contributed by atoms with E-state index in [2.05, 4.69) is 0 Å². The highest BCUT2D eigenvalue weighted by molar-refractivity contribution is 5.92. The van der Waals surface area contributed by atoms with Gasteiger partial charge in [0.15, 0.2) is 0 Å². The lowest BCUT2D eigenvalue weighted by atomic mass is 9.97. The summed E-state index contributed by atoms with van der Waals surface area (Å²) >= 11 is 0. The van der Waals surface area contributed by atoms with Gasteiger partial charge in [0.1, 0.15) is 11.6 Å². The molecule has 4 heteroatoms. The third-order valence-electron chi connectivity index (χ3n) is 2.22. The first-order chi connectivity index (χ1) is 6.91. The van der Waals surface area contributed by atoms with Gasteiger partial charge in [-0.05, 0) is 0 Å². The summed E-state index contributed by atoms with van der Waals surface area (Å²) in [6.07, 6.45) is 1.94. The molecule has 0 radical (unpaired) electrons. The van der Waals surface area contributed by atoms with Crippen molar-refractivity contribution in [1.29, 1.82) is 0 Å². The predicted molar refractivity (Wildman–Crippen MR) is 56.4 cm³/mol. The van der Waals surface area contributed by atoms with Crippen molar-refractivity contribution in [3.8, 4) is 0 Å². The van der Waals surface area contributed by atoms with E-state index in [4.69, 9.17) is 10.2 Å². The maximum atomic E-state index is 10.5. The zero-order valence-corrected chi connectivity index (χ0v) is 9.45. The molecule has 4 nitrogen and oxygen atoms in total. The Bertz CT molecular complexity index is 187. The van der Waals surface area contributed by atoms with Gasteiger partial charge in [-0.1, -0.05) is 13.8 Å². The van der Waals surface area contributed by atoms with E-state index < -0.39 is 0 Å². The normalized spacial score (nSPS) is 17.1. The smallest absolute Gasteiger partial charge is 0.133 e. The molecule has 0 unspecified atom stereocenters. The van der Waals surface area contributed by atoms with E-state index >= 15 is 0 Å². The molecule has 0 heterocycles. The van der Waals surface area contributed by atoms with Crippen LogP contribution in [0.2, 0.25) is 0 Å². The van der Waals surface area contributed by atoms with Crippen molar-refractivity contribution in [1.82, 2.24) is 0 Å². The Hall–Kier alpha value is -0.740. The van der Waals surface area contributed by atoms with E-state index in [1.165, 1.54) is 0 Å². The summed E-state index contributed by atoms with van der Waals surface area (Å²) in [7, 11) is 0. The number of Topliss-reactive ketones (excluding diaryl/α,β-unsaturated/α-hetero) is 2. The van der Waals surface area contributed by atoms with Gasteiger partial charge in [0.25, 0.3) is 0 Å². The molecule has 0 amide bonds. The topological polar surface area (TPSA) is 74.6 Å². The molecular formula is C11H20O4. The number of ketones is 2. The van der Waals surface area contributed by atoms with Crippen LogP contribution in [-0.4, -0.2) is 35.0 Å². The fourth-order valence-corrected chi connectivity index (χ4v) is 0.858. The molecule has 0 atom stereocenters. The molecule has 1 rings (SSSR count). The van der Waals surface area contributed by atoms with Gasteiger partial charge in [-0.3, -0.25) is 9.59 Å². The number of aliphatic hydroxyl groups is 2. The molecule has 0 aromatic rings. The molecule has 0 spiro atoms. The minimum atomic E-state index is -0.306. The van der Waals surface area contributed by atoms with Crippen molar-refractivity contribution in [2.45, 2.75) is 39.5 Å². The fraction of sp³-hybridized carbons (Fsp3) is 0.818. The standard InChI is InChI=1S/C6H8O2.C5H12O2/c7-5-1-2-6(8)4-3-5;1-5(2,3-6)4-7/h1-4H2;6-7H,3-4H2,1-2H3. The van der Waals surface area contributed by atoms with Crippen LogP contribution in [-0.2, 0) is 9.59 Å². The van der Waals surface area contributed by atoms with E-state index in [1.54, 1.807) is 13.8 Å². The Kier molecular flexibility index (Phi) is 6.36. The van der Waals surface area contributed by atoms with Crippen molar-refractivity contribution in [2.75, 3.05) is 13.2 Å².